The van der Waals surface area contributed by atoms with Gasteiger partial charge >= 0.3 is 5.97 Å². The summed E-state index contributed by atoms with van der Waals surface area (Å²) in [6.07, 6.45) is 9.06. The average Bonchev–Trinajstić information content (AvgIpc) is 2.52. The molecule has 98 valence electrons. The normalized spacial score (nSPS) is 32.5. The molecule has 2 unspecified atom stereocenters. The molecule has 2 aliphatic rings. The predicted octanol–water partition coefficient (Wildman–Crippen LogP) is 2.75. The average molecular weight is 239 g/mol. The maximum absolute atomic E-state index is 11.1. The van der Waals surface area contributed by atoms with Crippen molar-refractivity contribution in [1.82, 2.24) is 4.90 Å². The lowest BCUT2D eigenvalue weighted by molar-refractivity contribution is -0.142. The molecule has 1 aliphatic heterocycles. The first-order valence-corrected chi connectivity index (χ1v) is 7.15. The smallest absolute Gasteiger partial charge is 0.308 e. The van der Waals surface area contributed by atoms with Gasteiger partial charge in [-0.05, 0) is 38.6 Å². The fourth-order valence-corrected chi connectivity index (χ4v) is 3.47. The number of carboxylic acid groups (broad SMARTS) is 1. The second-order valence-corrected chi connectivity index (χ2v) is 5.83. The van der Waals surface area contributed by atoms with Gasteiger partial charge in [0, 0.05) is 12.6 Å². The van der Waals surface area contributed by atoms with Gasteiger partial charge in [0.1, 0.15) is 0 Å². The van der Waals surface area contributed by atoms with E-state index in [4.69, 9.17) is 5.11 Å². The quantitative estimate of drug-likeness (QED) is 0.770. The van der Waals surface area contributed by atoms with Gasteiger partial charge in [-0.25, -0.2) is 0 Å². The minimum absolute atomic E-state index is 0.138. The number of aliphatic carboxylic acids is 1. The molecule has 2 atom stereocenters. The Labute approximate surface area is 104 Å². The molecule has 2 fully saturated rings. The highest BCUT2D eigenvalue weighted by atomic mass is 16.4. The van der Waals surface area contributed by atoms with Gasteiger partial charge in [-0.1, -0.05) is 25.7 Å². The fourth-order valence-electron chi connectivity index (χ4n) is 3.47. The van der Waals surface area contributed by atoms with Crippen molar-refractivity contribution in [3.05, 3.63) is 0 Å². The van der Waals surface area contributed by atoms with Crippen molar-refractivity contribution in [3.8, 4) is 0 Å². The van der Waals surface area contributed by atoms with Crippen LogP contribution in [0, 0.1) is 11.8 Å². The summed E-state index contributed by atoms with van der Waals surface area (Å²) in [6, 6.07) is 0.232. The van der Waals surface area contributed by atoms with Crippen molar-refractivity contribution in [1.29, 1.82) is 0 Å². The van der Waals surface area contributed by atoms with E-state index in [2.05, 4.69) is 11.8 Å². The van der Waals surface area contributed by atoms with Crippen molar-refractivity contribution in [2.45, 2.75) is 57.9 Å². The Morgan fingerprint density at radius 1 is 1.18 bits per heavy atom. The Morgan fingerprint density at radius 3 is 2.35 bits per heavy atom. The molecule has 0 aromatic carbocycles. The Kier molecular flexibility index (Phi) is 4.43. The van der Waals surface area contributed by atoms with Crippen molar-refractivity contribution in [2.75, 3.05) is 13.1 Å². The first kappa shape index (κ1) is 12.9. The molecule has 1 saturated carbocycles. The number of hydrogen-bond donors (Lipinski definition) is 1. The summed E-state index contributed by atoms with van der Waals surface area (Å²) < 4.78 is 0. The summed E-state index contributed by atoms with van der Waals surface area (Å²) in [6.45, 7) is 4.20. The number of carboxylic acids is 1. The second-order valence-electron chi connectivity index (χ2n) is 5.83. The van der Waals surface area contributed by atoms with Gasteiger partial charge in [0.15, 0.2) is 0 Å². The van der Waals surface area contributed by atoms with Crippen LogP contribution in [0.5, 0.6) is 0 Å². The Hall–Kier alpha value is -0.570. The minimum atomic E-state index is -0.610. The Morgan fingerprint density at radius 2 is 1.82 bits per heavy atom. The maximum atomic E-state index is 11.1. The molecular weight excluding hydrogens is 214 g/mol. The molecule has 1 heterocycles. The van der Waals surface area contributed by atoms with Crippen LogP contribution in [0.1, 0.15) is 51.9 Å². The lowest BCUT2D eigenvalue weighted by Gasteiger charge is -2.27. The molecule has 17 heavy (non-hydrogen) atoms. The van der Waals surface area contributed by atoms with E-state index in [0.717, 1.165) is 25.4 Å². The standard InChI is InChI=1S/C14H25NO2/c1-11-13(14(16)17)8-9-15(11)10-12-6-4-2-3-5-7-12/h11-13H,2-10H2,1H3,(H,16,17). The molecule has 3 heteroatoms. The maximum Gasteiger partial charge on any atom is 0.308 e. The molecule has 0 aromatic rings. The largest absolute Gasteiger partial charge is 0.481 e. The molecule has 0 bridgehead atoms. The zero-order valence-electron chi connectivity index (χ0n) is 10.9. The highest BCUT2D eigenvalue weighted by molar-refractivity contribution is 5.71. The molecule has 0 radical (unpaired) electrons. The van der Waals surface area contributed by atoms with Crippen molar-refractivity contribution in [3.63, 3.8) is 0 Å². The van der Waals surface area contributed by atoms with Crippen molar-refractivity contribution in [2.24, 2.45) is 11.8 Å². The summed E-state index contributed by atoms with van der Waals surface area (Å²) in [4.78, 5) is 13.5. The third kappa shape index (κ3) is 3.21. The summed E-state index contributed by atoms with van der Waals surface area (Å²) in [5.74, 6) is 0.0640. The second kappa shape index (κ2) is 5.85. The van der Waals surface area contributed by atoms with E-state index >= 15 is 0 Å². The van der Waals surface area contributed by atoms with Gasteiger partial charge in [-0.2, -0.15) is 0 Å². The van der Waals surface area contributed by atoms with Crippen LogP contribution in [0.15, 0.2) is 0 Å². The third-order valence-corrected chi connectivity index (χ3v) is 4.67. The predicted molar refractivity (Wildman–Crippen MR) is 68.0 cm³/mol. The van der Waals surface area contributed by atoms with E-state index in [-0.39, 0.29) is 12.0 Å². The van der Waals surface area contributed by atoms with E-state index in [1.54, 1.807) is 0 Å². The molecular formula is C14H25NO2. The van der Waals surface area contributed by atoms with E-state index in [0.29, 0.717) is 0 Å². The van der Waals surface area contributed by atoms with Crippen LogP contribution in [0.2, 0.25) is 0 Å². The summed E-state index contributed by atoms with van der Waals surface area (Å²) >= 11 is 0. The summed E-state index contributed by atoms with van der Waals surface area (Å²) in [5, 5.41) is 9.13. The molecule has 1 N–H and O–H groups in total. The van der Waals surface area contributed by atoms with E-state index < -0.39 is 5.97 Å². The van der Waals surface area contributed by atoms with E-state index in [1.807, 2.05) is 0 Å². The highest BCUT2D eigenvalue weighted by Crippen LogP contribution is 2.29. The first-order valence-electron chi connectivity index (χ1n) is 7.15. The van der Waals surface area contributed by atoms with Crippen LogP contribution in [0.4, 0.5) is 0 Å². The Bertz CT molecular complexity index is 259. The van der Waals surface area contributed by atoms with Crippen LogP contribution >= 0.6 is 0 Å². The molecule has 1 aliphatic carbocycles. The van der Waals surface area contributed by atoms with Crippen LogP contribution in [-0.2, 0) is 4.79 Å². The lowest BCUT2D eigenvalue weighted by atomic mass is 9.98. The molecule has 2 rings (SSSR count). The van der Waals surface area contributed by atoms with E-state index in [9.17, 15) is 4.79 Å². The lowest BCUT2D eigenvalue weighted by Crippen LogP contribution is -2.36. The topological polar surface area (TPSA) is 40.5 Å². The van der Waals surface area contributed by atoms with Crippen LogP contribution in [0.3, 0.4) is 0 Å². The van der Waals surface area contributed by atoms with Crippen LogP contribution in [-0.4, -0.2) is 35.1 Å². The van der Waals surface area contributed by atoms with Crippen LogP contribution < -0.4 is 0 Å². The minimum Gasteiger partial charge on any atom is -0.481 e. The molecule has 0 aromatic heterocycles. The van der Waals surface area contributed by atoms with Crippen molar-refractivity contribution >= 4 is 5.97 Å². The number of likely N-dealkylation sites (tertiary alicyclic amines) is 1. The number of rotatable bonds is 3. The van der Waals surface area contributed by atoms with Crippen LogP contribution in [0.25, 0.3) is 0 Å². The van der Waals surface area contributed by atoms with Gasteiger partial charge in [-0.15, -0.1) is 0 Å². The van der Waals surface area contributed by atoms with Gasteiger partial charge < -0.3 is 5.11 Å². The fraction of sp³-hybridized carbons (Fsp3) is 0.929. The zero-order valence-corrected chi connectivity index (χ0v) is 10.9. The molecule has 3 nitrogen and oxygen atoms in total. The molecule has 1 saturated heterocycles. The van der Waals surface area contributed by atoms with Gasteiger partial charge in [-0.3, -0.25) is 9.69 Å². The van der Waals surface area contributed by atoms with Gasteiger partial charge in [0.05, 0.1) is 5.92 Å². The third-order valence-electron chi connectivity index (χ3n) is 4.67. The number of hydrogen-bond acceptors (Lipinski definition) is 2. The monoisotopic (exact) mass is 239 g/mol. The summed E-state index contributed by atoms with van der Waals surface area (Å²) in [5.41, 5.74) is 0. The van der Waals surface area contributed by atoms with Crippen molar-refractivity contribution < 1.29 is 9.90 Å². The molecule has 0 amide bonds. The highest BCUT2D eigenvalue weighted by Gasteiger charge is 2.36. The SMILES string of the molecule is CC1C(C(=O)O)CCN1CC1CCCCCC1. The number of nitrogens with zero attached hydrogens (tertiary/aromatic N) is 1. The van der Waals surface area contributed by atoms with Gasteiger partial charge in [0.2, 0.25) is 0 Å². The first-order chi connectivity index (χ1) is 8.18. The molecule has 0 spiro atoms. The number of carbonyl (C=O) groups is 1. The summed E-state index contributed by atoms with van der Waals surface area (Å²) in [7, 11) is 0. The van der Waals surface area contributed by atoms with Gasteiger partial charge in [0.25, 0.3) is 0 Å². The zero-order chi connectivity index (χ0) is 12.3. The Balaban J connectivity index is 1.84. The van der Waals surface area contributed by atoms with E-state index in [1.165, 1.54) is 38.5 Å².